The minimum absolute atomic E-state index is 0.0421. The Balaban J connectivity index is 2.48. The van der Waals surface area contributed by atoms with Gasteiger partial charge in [0, 0.05) is 25.3 Å². The lowest BCUT2D eigenvalue weighted by Gasteiger charge is -2.12. The summed E-state index contributed by atoms with van der Waals surface area (Å²) in [5.41, 5.74) is 9.09. The van der Waals surface area contributed by atoms with Gasteiger partial charge in [-0.05, 0) is 29.3 Å². The lowest BCUT2D eigenvalue weighted by atomic mass is 10.0. The van der Waals surface area contributed by atoms with Gasteiger partial charge in [0.05, 0.1) is 0 Å². The van der Waals surface area contributed by atoms with Crippen LogP contribution in [0.5, 0.6) is 0 Å². The summed E-state index contributed by atoms with van der Waals surface area (Å²) in [6.45, 7) is 0. The van der Waals surface area contributed by atoms with Crippen molar-refractivity contribution in [2.45, 2.75) is 0 Å². The van der Waals surface area contributed by atoms with Crippen LogP contribution in [0.4, 0.5) is 5.69 Å². The lowest BCUT2D eigenvalue weighted by Crippen LogP contribution is -2.21. The minimum atomic E-state index is -0.0421. The van der Waals surface area contributed by atoms with Crippen molar-refractivity contribution in [3.05, 3.63) is 54.1 Å². The molecular weight excluding hydrogens is 224 g/mol. The summed E-state index contributed by atoms with van der Waals surface area (Å²) in [6, 6.07) is 15.3. The minimum Gasteiger partial charge on any atom is -0.399 e. The molecular formula is C15H16N2O. The third-order valence-corrected chi connectivity index (χ3v) is 2.72. The summed E-state index contributed by atoms with van der Waals surface area (Å²) in [6.07, 6.45) is 0. The van der Waals surface area contributed by atoms with Crippen molar-refractivity contribution in [2.75, 3.05) is 19.8 Å². The molecule has 1 amide bonds. The largest absolute Gasteiger partial charge is 0.399 e. The first kappa shape index (κ1) is 12.2. The van der Waals surface area contributed by atoms with Crippen molar-refractivity contribution < 1.29 is 4.79 Å². The molecule has 92 valence electrons. The number of amides is 1. The van der Waals surface area contributed by atoms with Gasteiger partial charge in [-0.25, -0.2) is 0 Å². The standard InChI is InChI=1S/C15H16N2O/c1-17(2)15(18)13-8-12(9-14(16)10-13)11-6-4-3-5-7-11/h3-10H,16H2,1-2H3. The topological polar surface area (TPSA) is 46.3 Å². The maximum absolute atomic E-state index is 12.0. The number of nitrogens with two attached hydrogens (primary N) is 1. The summed E-state index contributed by atoms with van der Waals surface area (Å²) >= 11 is 0. The van der Waals surface area contributed by atoms with E-state index in [1.165, 1.54) is 0 Å². The van der Waals surface area contributed by atoms with Crippen LogP contribution in [0.15, 0.2) is 48.5 Å². The van der Waals surface area contributed by atoms with Crippen molar-refractivity contribution >= 4 is 11.6 Å². The van der Waals surface area contributed by atoms with Crippen LogP contribution < -0.4 is 5.73 Å². The monoisotopic (exact) mass is 240 g/mol. The van der Waals surface area contributed by atoms with Crippen LogP contribution in [-0.4, -0.2) is 24.9 Å². The van der Waals surface area contributed by atoms with Gasteiger partial charge >= 0.3 is 0 Å². The predicted octanol–water partition coefficient (Wildman–Crippen LogP) is 2.64. The molecule has 0 aliphatic heterocycles. The fourth-order valence-electron chi connectivity index (χ4n) is 1.83. The summed E-state index contributed by atoms with van der Waals surface area (Å²) in [7, 11) is 3.46. The molecule has 3 nitrogen and oxygen atoms in total. The van der Waals surface area contributed by atoms with E-state index >= 15 is 0 Å². The molecule has 0 aromatic heterocycles. The average molecular weight is 240 g/mol. The van der Waals surface area contributed by atoms with Crippen molar-refractivity contribution in [1.29, 1.82) is 0 Å². The zero-order valence-electron chi connectivity index (χ0n) is 10.6. The molecule has 0 bridgehead atoms. The smallest absolute Gasteiger partial charge is 0.253 e. The number of rotatable bonds is 2. The van der Waals surface area contributed by atoms with E-state index in [0.29, 0.717) is 11.3 Å². The van der Waals surface area contributed by atoms with E-state index in [-0.39, 0.29) is 5.91 Å². The van der Waals surface area contributed by atoms with E-state index in [9.17, 15) is 4.79 Å². The van der Waals surface area contributed by atoms with Crippen molar-refractivity contribution in [1.82, 2.24) is 4.90 Å². The highest BCUT2D eigenvalue weighted by Crippen LogP contribution is 2.23. The molecule has 2 N–H and O–H groups in total. The van der Waals surface area contributed by atoms with E-state index in [1.807, 2.05) is 42.5 Å². The summed E-state index contributed by atoms with van der Waals surface area (Å²) in [5, 5.41) is 0. The van der Waals surface area contributed by atoms with Gasteiger partial charge in [0.2, 0.25) is 0 Å². The Morgan fingerprint density at radius 3 is 2.28 bits per heavy atom. The van der Waals surface area contributed by atoms with Gasteiger partial charge in [-0.2, -0.15) is 0 Å². The van der Waals surface area contributed by atoms with Gasteiger partial charge in [-0.1, -0.05) is 30.3 Å². The summed E-state index contributed by atoms with van der Waals surface area (Å²) < 4.78 is 0. The van der Waals surface area contributed by atoms with E-state index in [2.05, 4.69) is 0 Å². The highest BCUT2D eigenvalue weighted by Gasteiger charge is 2.10. The predicted molar refractivity (Wildman–Crippen MR) is 74.3 cm³/mol. The Hall–Kier alpha value is -2.29. The van der Waals surface area contributed by atoms with Gasteiger partial charge in [0.1, 0.15) is 0 Å². The van der Waals surface area contributed by atoms with Gasteiger partial charge in [-0.3, -0.25) is 4.79 Å². The Bertz CT molecular complexity index is 562. The van der Waals surface area contributed by atoms with E-state index < -0.39 is 0 Å². The first-order chi connectivity index (χ1) is 8.58. The van der Waals surface area contributed by atoms with Crippen LogP contribution in [-0.2, 0) is 0 Å². The second-order valence-electron chi connectivity index (χ2n) is 4.41. The number of benzene rings is 2. The fourth-order valence-corrected chi connectivity index (χ4v) is 1.83. The number of carbonyl (C=O) groups is 1. The lowest BCUT2D eigenvalue weighted by molar-refractivity contribution is 0.0827. The van der Waals surface area contributed by atoms with Crippen molar-refractivity contribution in [3.8, 4) is 11.1 Å². The van der Waals surface area contributed by atoms with Gasteiger partial charge in [-0.15, -0.1) is 0 Å². The second-order valence-corrected chi connectivity index (χ2v) is 4.41. The number of anilines is 1. The number of nitrogens with zero attached hydrogens (tertiary/aromatic N) is 1. The molecule has 0 radical (unpaired) electrons. The second kappa shape index (κ2) is 4.92. The van der Waals surface area contributed by atoms with Crippen molar-refractivity contribution in [3.63, 3.8) is 0 Å². The SMILES string of the molecule is CN(C)C(=O)c1cc(N)cc(-c2ccccc2)c1. The van der Waals surface area contributed by atoms with Gasteiger partial charge in [0.25, 0.3) is 5.91 Å². The number of carbonyl (C=O) groups excluding carboxylic acids is 1. The molecule has 0 aliphatic carbocycles. The molecule has 2 aromatic rings. The number of nitrogen functional groups attached to an aromatic ring is 1. The Kier molecular flexibility index (Phi) is 3.33. The molecule has 0 unspecified atom stereocenters. The molecule has 2 rings (SSSR count). The van der Waals surface area contributed by atoms with Crippen LogP contribution in [0, 0.1) is 0 Å². The molecule has 0 saturated heterocycles. The Morgan fingerprint density at radius 1 is 1.00 bits per heavy atom. The van der Waals surface area contributed by atoms with E-state index in [0.717, 1.165) is 11.1 Å². The third-order valence-electron chi connectivity index (χ3n) is 2.72. The zero-order chi connectivity index (χ0) is 13.1. The number of hydrogen-bond donors (Lipinski definition) is 1. The number of hydrogen-bond acceptors (Lipinski definition) is 2. The quantitative estimate of drug-likeness (QED) is 0.820. The average Bonchev–Trinajstić information content (AvgIpc) is 2.38. The molecule has 0 saturated carbocycles. The fraction of sp³-hybridized carbons (Fsp3) is 0.133. The van der Waals surface area contributed by atoms with Gasteiger partial charge in [0.15, 0.2) is 0 Å². The van der Waals surface area contributed by atoms with Crippen LogP contribution in [0.25, 0.3) is 11.1 Å². The molecule has 0 fully saturated rings. The molecule has 3 heteroatoms. The Labute approximate surface area is 107 Å². The van der Waals surface area contributed by atoms with Gasteiger partial charge < -0.3 is 10.6 Å². The maximum Gasteiger partial charge on any atom is 0.253 e. The highest BCUT2D eigenvalue weighted by atomic mass is 16.2. The zero-order valence-corrected chi connectivity index (χ0v) is 10.6. The first-order valence-electron chi connectivity index (χ1n) is 5.75. The molecule has 0 spiro atoms. The molecule has 0 atom stereocenters. The Morgan fingerprint density at radius 2 is 1.67 bits per heavy atom. The van der Waals surface area contributed by atoms with E-state index in [1.54, 1.807) is 25.1 Å². The summed E-state index contributed by atoms with van der Waals surface area (Å²) in [5.74, 6) is -0.0421. The van der Waals surface area contributed by atoms with Crippen LogP contribution in [0.2, 0.25) is 0 Å². The van der Waals surface area contributed by atoms with Crippen LogP contribution in [0.1, 0.15) is 10.4 Å². The van der Waals surface area contributed by atoms with E-state index in [4.69, 9.17) is 5.73 Å². The summed E-state index contributed by atoms with van der Waals surface area (Å²) in [4.78, 5) is 13.5. The van der Waals surface area contributed by atoms with Crippen molar-refractivity contribution in [2.24, 2.45) is 0 Å². The third kappa shape index (κ3) is 2.51. The highest BCUT2D eigenvalue weighted by molar-refractivity contribution is 5.96. The maximum atomic E-state index is 12.0. The normalized spacial score (nSPS) is 10.1. The van der Waals surface area contributed by atoms with Crippen LogP contribution in [0.3, 0.4) is 0 Å². The van der Waals surface area contributed by atoms with Crippen LogP contribution >= 0.6 is 0 Å². The first-order valence-corrected chi connectivity index (χ1v) is 5.75. The molecule has 0 heterocycles. The molecule has 18 heavy (non-hydrogen) atoms. The molecule has 0 aliphatic rings. The molecule has 2 aromatic carbocycles.